The van der Waals surface area contributed by atoms with Crippen LogP contribution < -0.4 is 10.6 Å². The molecule has 0 bridgehead atoms. The van der Waals surface area contributed by atoms with Crippen LogP contribution in [0.5, 0.6) is 0 Å². The van der Waals surface area contributed by atoms with Gasteiger partial charge in [-0.25, -0.2) is 0 Å². The van der Waals surface area contributed by atoms with E-state index in [1.807, 2.05) is 24.3 Å². The molecule has 1 heterocycles. The summed E-state index contributed by atoms with van der Waals surface area (Å²) in [6.07, 6.45) is 5.59. The molecule has 0 aromatic heterocycles. The van der Waals surface area contributed by atoms with Gasteiger partial charge in [0.05, 0.1) is 5.92 Å². The van der Waals surface area contributed by atoms with Gasteiger partial charge in [0.2, 0.25) is 11.8 Å². The summed E-state index contributed by atoms with van der Waals surface area (Å²) in [5.41, 5.74) is 3.15. The van der Waals surface area contributed by atoms with E-state index in [4.69, 9.17) is 0 Å². The van der Waals surface area contributed by atoms with Gasteiger partial charge in [-0.1, -0.05) is 38.8 Å². The summed E-state index contributed by atoms with van der Waals surface area (Å²) in [6.45, 7) is 5.44. The fourth-order valence-corrected chi connectivity index (χ4v) is 3.80. The lowest BCUT2D eigenvalue weighted by atomic mass is 10.1. The number of hydrogen-bond donors (Lipinski definition) is 2. The Bertz CT molecular complexity index is 922. The standard InChI is InChI=1S/C26H33N3O3/c1-3-5-7-19-8-12-22(13-9-19)27-25(31)20-10-14-23(15-11-20)28-26(32)21-17-24(30)29(18-21)16-6-4-2/h8-15,21H,3-7,16-18H2,1-2H3,(H,27,31)(H,28,32). The predicted octanol–water partition coefficient (Wildman–Crippen LogP) is 4.87. The van der Waals surface area contributed by atoms with Gasteiger partial charge >= 0.3 is 0 Å². The lowest BCUT2D eigenvalue weighted by molar-refractivity contribution is -0.128. The molecule has 3 rings (SSSR count). The second-order valence-electron chi connectivity index (χ2n) is 8.42. The predicted molar refractivity (Wildman–Crippen MR) is 128 cm³/mol. The maximum Gasteiger partial charge on any atom is 0.255 e. The fraction of sp³-hybridized carbons (Fsp3) is 0.423. The molecule has 32 heavy (non-hydrogen) atoms. The molecule has 6 nitrogen and oxygen atoms in total. The number of carbonyl (C=O) groups excluding carboxylic acids is 3. The smallest absolute Gasteiger partial charge is 0.255 e. The quantitative estimate of drug-likeness (QED) is 0.559. The SMILES string of the molecule is CCCCc1ccc(NC(=O)c2ccc(NC(=O)C3CC(=O)N(CCCC)C3)cc2)cc1. The summed E-state index contributed by atoms with van der Waals surface area (Å²) in [7, 11) is 0. The Morgan fingerprint density at radius 1 is 0.906 bits per heavy atom. The van der Waals surface area contributed by atoms with Crippen molar-refractivity contribution < 1.29 is 14.4 Å². The molecule has 1 aliphatic heterocycles. The summed E-state index contributed by atoms with van der Waals surface area (Å²) in [4.78, 5) is 39.0. The van der Waals surface area contributed by atoms with E-state index in [1.54, 1.807) is 29.2 Å². The average Bonchev–Trinajstić information content (AvgIpc) is 3.18. The van der Waals surface area contributed by atoms with E-state index < -0.39 is 0 Å². The molecule has 0 saturated carbocycles. The van der Waals surface area contributed by atoms with Crippen molar-refractivity contribution in [3.8, 4) is 0 Å². The van der Waals surface area contributed by atoms with Crippen LogP contribution in [0.15, 0.2) is 48.5 Å². The minimum atomic E-state index is -0.331. The number of nitrogens with one attached hydrogen (secondary N) is 2. The first-order valence-corrected chi connectivity index (χ1v) is 11.6. The lowest BCUT2D eigenvalue weighted by Gasteiger charge is -2.16. The molecule has 0 radical (unpaired) electrons. The maximum absolute atomic E-state index is 12.6. The Morgan fingerprint density at radius 3 is 2.19 bits per heavy atom. The number of nitrogens with zero attached hydrogens (tertiary/aromatic N) is 1. The third-order valence-electron chi connectivity index (χ3n) is 5.81. The van der Waals surface area contributed by atoms with Crippen molar-refractivity contribution in [2.75, 3.05) is 23.7 Å². The summed E-state index contributed by atoms with van der Waals surface area (Å²) >= 11 is 0. The van der Waals surface area contributed by atoms with Crippen LogP contribution in [-0.4, -0.2) is 35.7 Å². The number of amides is 3. The zero-order chi connectivity index (χ0) is 22.9. The molecule has 0 aliphatic carbocycles. The fourth-order valence-electron chi connectivity index (χ4n) is 3.80. The minimum Gasteiger partial charge on any atom is -0.342 e. The van der Waals surface area contributed by atoms with Gasteiger partial charge in [-0.3, -0.25) is 14.4 Å². The number of carbonyl (C=O) groups is 3. The Labute approximate surface area is 190 Å². The van der Waals surface area contributed by atoms with Gasteiger partial charge in [0.1, 0.15) is 0 Å². The van der Waals surface area contributed by atoms with Crippen LogP contribution in [0.1, 0.15) is 61.9 Å². The summed E-state index contributed by atoms with van der Waals surface area (Å²) < 4.78 is 0. The van der Waals surface area contributed by atoms with Crippen LogP contribution >= 0.6 is 0 Å². The molecular formula is C26H33N3O3. The van der Waals surface area contributed by atoms with Crippen molar-refractivity contribution >= 4 is 29.1 Å². The molecule has 2 aromatic carbocycles. The Kier molecular flexibility index (Phi) is 8.42. The van der Waals surface area contributed by atoms with E-state index >= 15 is 0 Å². The van der Waals surface area contributed by atoms with Crippen molar-refractivity contribution in [1.29, 1.82) is 0 Å². The maximum atomic E-state index is 12.6. The van der Waals surface area contributed by atoms with Gasteiger partial charge in [0.15, 0.2) is 0 Å². The summed E-state index contributed by atoms with van der Waals surface area (Å²) in [5, 5.41) is 5.77. The highest BCUT2D eigenvalue weighted by atomic mass is 16.2. The van der Waals surface area contributed by atoms with Crippen molar-refractivity contribution in [1.82, 2.24) is 4.90 Å². The number of aryl methyl sites for hydroxylation is 1. The van der Waals surface area contributed by atoms with Gasteiger partial charge < -0.3 is 15.5 Å². The number of likely N-dealkylation sites (tertiary alicyclic amines) is 1. The molecule has 6 heteroatoms. The first-order valence-electron chi connectivity index (χ1n) is 11.6. The molecule has 170 valence electrons. The summed E-state index contributed by atoms with van der Waals surface area (Å²) in [5.74, 6) is -0.638. The highest BCUT2D eigenvalue weighted by Gasteiger charge is 2.33. The van der Waals surface area contributed by atoms with Crippen LogP contribution in [0.4, 0.5) is 11.4 Å². The van der Waals surface area contributed by atoms with Crippen molar-refractivity contribution in [3.05, 3.63) is 59.7 Å². The normalized spacial score (nSPS) is 15.6. The van der Waals surface area contributed by atoms with E-state index in [-0.39, 0.29) is 30.1 Å². The highest BCUT2D eigenvalue weighted by Crippen LogP contribution is 2.21. The first kappa shape index (κ1) is 23.5. The van der Waals surface area contributed by atoms with Crippen molar-refractivity contribution in [2.45, 2.75) is 52.4 Å². The lowest BCUT2D eigenvalue weighted by Crippen LogP contribution is -2.29. The third-order valence-corrected chi connectivity index (χ3v) is 5.81. The third kappa shape index (κ3) is 6.42. The Hall–Kier alpha value is -3.15. The topological polar surface area (TPSA) is 78.5 Å². The average molecular weight is 436 g/mol. The van der Waals surface area contributed by atoms with Gasteiger partial charge in [-0.05, 0) is 61.2 Å². The van der Waals surface area contributed by atoms with E-state index in [0.29, 0.717) is 24.3 Å². The molecule has 2 aromatic rings. The van der Waals surface area contributed by atoms with Crippen LogP contribution in [0.3, 0.4) is 0 Å². The number of hydrogen-bond acceptors (Lipinski definition) is 3. The molecule has 1 atom stereocenters. The van der Waals surface area contributed by atoms with E-state index in [1.165, 1.54) is 5.56 Å². The molecule has 2 N–H and O–H groups in total. The number of benzene rings is 2. The van der Waals surface area contributed by atoms with Gasteiger partial charge in [-0.15, -0.1) is 0 Å². The van der Waals surface area contributed by atoms with Crippen LogP contribution in [-0.2, 0) is 16.0 Å². The second-order valence-corrected chi connectivity index (χ2v) is 8.42. The monoisotopic (exact) mass is 435 g/mol. The van der Waals surface area contributed by atoms with Crippen LogP contribution in [0.2, 0.25) is 0 Å². The zero-order valence-electron chi connectivity index (χ0n) is 19.0. The Balaban J connectivity index is 1.51. The van der Waals surface area contributed by atoms with E-state index in [0.717, 1.165) is 37.8 Å². The van der Waals surface area contributed by atoms with Crippen LogP contribution in [0.25, 0.3) is 0 Å². The van der Waals surface area contributed by atoms with Crippen molar-refractivity contribution in [2.24, 2.45) is 5.92 Å². The number of anilines is 2. The molecular weight excluding hydrogens is 402 g/mol. The molecule has 0 spiro atoms. The molecule has 1 aliphatic rings. The summed E-state index contributed by atoms with van der Waals surface area (Å²) in [6, 6.07) is 14.7. The highest BCUT2D eigenvalue weighted by molar-refractivity contribution is 6.04. The molecule has 1 unspecified atom stereocenters. The number of rotatable bonds is 10. The van der Waals surface area contributed by atoms with E-state index in [9.17, 15) is 14.4 Å². The molecule has 1 saturated heterocycles. The van der Waals surface area contributed by atoms with Gasteiger partial charge in [0.25, 0.3) is 5.91 Å². The molecule has 3 amide bonds. The van der Waals surface area contributed by atoms with E-state index in [2.05, 4.69) is 24.5 Å². The first-order chi connectivity index (χ1) is 15.5. The van der Waals surface area contributed by atoms with Gasteiger partial charge in [0, 0.05) is 36.4 Å². The number of unbranched alkanes of at least 4 members (excludes halogenated alkanes) is 2. The zero-order valence-corrected chi connectivity index (χ0v) is 19.0. The Morgan fingerprint density at radius 2 is 1.53 bits per heavy atom. The minimum absolute atomic E-state index is 0.0454. The molecule has 1 fully saturated rings. The van der Waals surface area contributed by atoms with Crippen LogP contribution in [0, 0.1) is 5.92 Å². The second kappa shape index (κ2) is 11.5. The largest absolute Gasteiger partial charge is 0.342 e. The van der Waals surface area contributed by atoms with Gasteiger partial charge in [-0.2, -0.15) is 0 Å². The van der Waals surface area contributed by atoms with Crippen molar-refractivity contribution in [3.63, 3.8) is 0 Å².